The highest BCUT2D eigenvalue weighted by Crippen LogP contribution is 2.18. The number of fused-ring (bicyclic) bond motifs is 2. The number of carbonyl (C=O) groups is 3. The lowest BCUT2D eigenvalue weighted by atomic mass is 10.2. The van der Waals surface area contributed by atoms with Crippen molar-refractivity contribution < 1.29 is 14.4 Å². The van der Waals surface area contributed by atoms with Crippen molar-refractivity contribution in [2.75, 3.05) is 0 Å². The van der Waals surface area contributed by atoms with Crippen molar-refractivity contribution in [3.8, 4) is 0 Å². The molecular weight excluding hydrogens is 608 g/mol. The summed E-state index contributed by atoms with van der Waals surface area (Å²) in [6.07, 6.45) is 4.75. The van der Waals surface area contributed by atoms with E-state index in [-0.39, 0.29) is 5.91 Å². The molecule has 0 atom stereocenters. The zero-order valence-corrected chi connectivity index (χ0v) is 28.0. The molecule has 2 aromatic carbocycles. The minimum Gasteiger partial charge on any atom is -0.313 e. The molecule has 0 radical (unpaired) electrons. The van der Waals surface area contributed by atoms with Crippen molar-refractivity contribution >= 4 is 40.2 Å². The van der Waals surface area contributed by atoms with Gasteiger partial charge in [-0.05, 0) is 64.1 Å². The van der Waals surface area contributed by atoms with Crippen LogP contribution in [-0.4, -0.2) is 55.9 Å². The molecule has 0 N–H and O–H groups in total. The van der Waals surface area contributed by atoms with Gasteiger partial charge < -0.3 is 18.3 Å². The first kappa shape index (κ1) is 32.1. The lowest BCUT2D eigenvalue weighted by molar-refractivity contribution is 0.0977. The molecule has 0 aliphatic carbocycles. The van der Waals surface area contributed by atoms with Gasteiger partial charge in [0.05, 0.1) is 33.5 Å². The van der Waals surface area contributed by atoms with Crippen LogP contribution in [0.15, 0.2) is 76.7 Å². The van der Waals surface area contributed by atoms with Crippen LogP contribution in [0.5, 0.6) is 0 Å². The third-order valence-electron chi connectivity index (χ3n) is 8.41. The molecule has 0 aliphatic rings. The highest BCUT2D eigenvalue weighted by atomic mass is 16.2. The molecule has 0 fully saturated rings. The van der Waals surface area contributed by atoms with E-state index in [1.165, 1.54) is 0 Å². The summed E-state index contributed by atoms with van der Waals surface area (Å²) in [5.41, 5.74) is 7.00. The molecule has 4 heterocycles. The molecule has 0 unspecified atom stereocenters. The van der Waals surface area contributed by atoms with Crippen molar-refractivity contribution in [3.63, 3.8) is 0 Å². The van der Waals surface area contributed by atoms with E-state index in [2.05, 4.69) is 20.2 Å². The molecule has 0 saturated heterocycles. The van der Waals surface area contributed by atoms with E-state index in [1.54, 1.807) is 27.6 Å². The molecule has 0 aliphatic heterocycles. The number of carbonyl (C=O) groups excluding carboxylic acids is 3. The Labute approximate surface area is 276 Å². The number of aryl methyl sites for hydroxylation is 6. The molecule has 6 rings (SSSR count). The Hall–Kier alpha value is -5.85. The van der Waals surface area contributed by atoms with Gasteiger partial charge in [-0.3, -0.25) is 23.7 Å². The van der Waals surface area contributed by atoms with Crippen LogP contribution in [0.4, 0.5) is 0 Å². The molecular formula is C35H38N10O3. The lowest BCUT2D eigenvalue weighted by Crippen LogP contribution is -2.27. The van der Waals surface area contributed by atoms with Crippen LogP contribution < -0.4 is 11.2 Å². The number of hydrogen-bond donors (Lipinski definition) is 0. The van der Waals surface area contributed by atoms with Crippen LogP contribution in [0.2, 0.25) is 0 Å². The maximum absolute atomic E-state index is 13.5. The Bertz CT molecular complexity index is 2390. The van der Waals surface area contributed by atoms with E-state index in [0.717, 1.165) is 34.2 Å². The van der Waals surface area contributed by atoms with E-state index in [9.17, 15) is 14.4 Å². The number of benzene rings is 2. The molecule has 0 saturated carbocycles. The number of nitrogens with zero attached hydrogens (tertiary/aromatic N) is 10. The van der Waals surface area contributed by atoms with Crippen molar-refractivity contribution in [1.82, 2.24) is 37.8 Å². The van der Waals surface area contributed by atoms with Gasteiger partial charge in [-0.2, -0.15) is 20.2 Å². The van der Waals surface area contributed by atoms with Gasteiger partial charge in [-0.1, -0.05) is 30.4 Å². The van der Waals surface area contributed by atoms with Gasteiger partial charge in [0.1, 0.15) is 11.4 Å². The number of aromatic nitrogens is 8. The first-order chi connectivity index (χ1) is 23.2. The maximum atomic E-state index is 13.5. The van der Waals surface area contributed by atoms with Gasteiger partial charge in [0, 0.05) is 45.8 Å². The van der Waals surface area contributed by atoms with E-state index < -0.39 is 5.91 Å². The minimum absolute atomic E-state index is 0.325. The Morgan fingerprint density at radius 1 is 0.708 bits per heavy atom. The van der Waals surface area contributed by atoms with E-state index in [4.69, 9.17) is 0 Å². The van der Waals surface area contributed by atoms with Gasteiger partial charge in [0.2, 0.25) is 11.2 Å². The summed E-state index contributed by atoms with van der Waals surface area (Å²) in [6, 6.07) is 16.8. The predicted octanol–water partition coefficient (Wildman–Crippen LogP) is 3.87. The van der Waals surface area contributed by atoms with Gasteiger partial charge in [-0.15, -0.1) is 0 Å². The number of rotatable bonds is 9. The smallest absolute Gasteiger partial charge is 0.298 e. The van der Waals surface area contributed by atoms with Crippen LogP contribution in [0.3, 0.4) is 0 Å². The topological polar surface area (TPSA) is 131 Å². The monoisotopic (exact) mass is 646 g/mol. The summed E-state index contributed by atoms with van der Waals surface area (Å²) >= 11 is 0. The van der Waals surface area contributed by atoms with Gasteiger partial charge in [-0.25, -0.2) is 0 Å². The quantitative estimate of drug-likeness (QED) is 0.174. The predicted molar refractivity (Wildman–Crippen MR) is 181 cm³/mol. The van der Waals surface area contributed by atoms with Crippen LogP contribution in [-0.2, 0) is 40.3 Å². The third-order valence-corrected chi connectivity index (χ3v) is 8.41. The second kappa shape index (κ2) is 13.1. The van der Waals surface area contributed by atoms with Crippen LogP contribution in [0.25, 0.3) is 22.1 Å². The van der Waals surface area contributed by atoms with Crippen LogP contribution >= 0.6 is 0 Å². The molecule has 4 aromatic heterocycles. The number of para-hydroxylation sites is 3. The summed E-state index contributed by atoms with van der Waals surface area (Å²) in [6.45, 7) is 9.38. The third kappa shape index (κ3) is 5.67. The zero-order valence-electron chi connectivity index (χ0n) is 28.0. The zero-order chi connectivity index (χ0) is 34.1. The molecule has 0 bridgehead atoms. The van der Waals surface area contributed by atoms with Crippen molar-refractivity contribution in [2.24, 2.45) is 24.1 Å². The second-order valence-electron chi connectivity index (χ2n) is 11.5. The SMILES string of the molecule is CCn1nc(C)cc1C(=O)N=c1n(C)c2ccccc2n1C/C=C/Cn1c(=NC(=O)c2cc(C)nn2CC)n(C)c2cccc(C=O)c21. The molecule has 13 heteroatoms. The Morgan fingerprint density at radius 2 is 1.21 bits per heavy atom. The molecule has 48 heavy (non-hydrogen) atoms. The second-order valence-corrected chi connectivity index (χ2v) is 11.5. The standard InChI is InChI=1S/C35H38N10O3/c1-7-44-29(20-23(3)38-44)32(47)36-34-40(5)26-15-9-10-16-27(26)42(34)18-11-12-19-43-31-25(22-46)14-13-17-28(31)41(6)35(43)37-33(48)30-21-24(4)39-45(30)8-2/h9-17,20-22H,7-8,18-19H2,1-6H3/b12-11+,36-34?,37-35?. The fraction of sp³-hybridized carbons (Fsp3) is 0.286. The molecule has 6 aromatic rings. The van der Waals surface area contributed by atoms with Crippen molar-refractivity contribution in [3.05, 3.63) is 106 Å². The summed E-state index contributed by atoms with van der Waals surface area (Å²) in [5.74, 6) is -0.792. The Kier molecular flexibility index (Phi) is 8.76. The van der Waals surface area contributed by atoms with Gasteiger partial charge >= 0.3 is 0 Å². The van der Waals surface area contributed by atoms with Crippen LogP contribution in [0.1, 0.15) is 56.6 Å². The molecule has 246 valence electrons. The van der Waals surface area contributed by atoms with Gasteiger partial charge in [0.15, 0.2) is 6.29 Å². The Morgan fingerprint density at radius 3 is 1.77 bits per heavy atom. The number of allylic oxidation sites excluding steroid dienone is 2. The summed E-state index contributed by atoms with van der Waals surface area (Å²) < 4.78 is 10.9. The van der Waals surface area contributed by atoms with Gasteiger partial charge in [0.25, 0.3) is 11.8 Å². The van der Waals surface area contributed by atoms with Crippen molar-refractivity contribution in [1.29, 1.82) is 0 Å². The average Bonchev–Trinajstić information content (AvgIpc) is 3.81. The fourth-order valence-corrected chi connectivity index (χ4v) is 6.17. The van der Waals surface area contributed by atoms with Crippen molar-refractivity contribution in [2.45, 2.75) is 53.9 Å². The molecule has 2 amide bonds. The largest absolute Gasteiger partial charge is 0.313 e. The van der Waals surface area contributed by atoms with Crippen LogP contribution in [0, 0.1) is 13.8 Å². The first-order valence-corrected chi connectivity index (χ1v) is 15.9. The summed E-state index contributed by atoms with van der Waals surface area (Å²) in [5, 5.41) is 8.81. The maximum Gasteiger partial charge on any atom is 0.298 e. The summed E-state index contributed by atoms with van der Waals surface area (Å²) in [7, 11) is 3.72. The van der Waals surface area contributed by atoms with E-state index in [1.807, 2.05) is 109 Å². The Balaban J connectivity index is 1.41. The minimum atomic E-state index is -0.421. The van der Waals surface area contributed by atoms with E-state index in [0.29, 0.717) is 59.9 Å². The summed E-state index contributed by atoms with van der Waals surface area (Å²) in [4.78, 5) is 48.1. The number of imidazole rings is 2. The highest BCUT2D eigenvalue weighted by molar-refractivity contribution is 5.96. The average molecular weight is 647 g/mol. The first-order valence-electron chi connectivity index (χ1n) is 15.9. The molecule has 13 nitrogen and oxygen atoms in total. The fourth-order valence-electron chi connectivity index (χ4n) is 6.17. The highest BCUT2D eigenvalue weighted by Gasteiger charge is 2.18. The number of hydrogen-bond acceptors (Lipinski definition) is 5. The normalized spacial score (nSPS) is 12.7. The lowest BCUT2D eigenvalue weighted by Gasteiger charge is -2.05. The molecule has 0 spiro atoms. The number of amides is 2. The van der Waals surface area contributed by atoms with E-state index >= 15 is 0 Å². The number of aldehydes is 1.